The third-order valence-electron chi connectivity index (χ3n) is 7.01. The number of hydrogen-bond donors (Lipinski definition) is 2. The maximum Gasteiger partial charge on any atom is 0.417 e. The molecule has 3 aromatic carbocycles. The highest BCUT2D eigenvalue weighted by Gasteiger charge is 2.38. The van der Waals surface area contributed by atoms with Gasteiger partial charge in [0, 0.05) is 36.5 Å². The van der Waals surface area contributed by atoms with Crippen molar-refractivity contribution in [2.24, 2.45) is 0 Å². The number of nitrogens with one attached hydrogen (secondary N) is 2. The fourth-order valence-corrected chi connectivity index (χ4v) is 4.95. The van der Waals surface area contributed by atoms with Crippen LogP contribution >= 0.6 is 0 Å². The summed E-state index contributed by atoms with van der Waals surface area (Å²) in [6, 6.07) is 16.6. The van der Waals surface area contributed by atoms with E-state index in [4.69, 9.17) is 14.2 Å². The zero-order chi connectivity index (χ0) is 30.0. The zero-order valence-electron chi connectivity index (χ0n) is 23.9. The molecule has 5 rings (SSSR count). The van der Waals surface area contributed by atoms with E-state index in [1.807, 2.05) is 32.9 Å². The Kier molecular flexibility index (Phi) is 7.71. The topological polar surface area (TPSA) is 102 Å². The minimum absolute atomic E-state index is 0.0391. The second-order valence-electron chi connectivity index (χ2n) is 10.4. The number of ether oxygens (including phenoxy) is 3. The molecule has 2 heterocycles. The summed E-state index contributed by atoms with van der Waals surface area (Å²) in [5.41, 5.74) is 3.96. The Balaban J connectivity index is 1.54. The predicted octanol–water partition coefficient (Wildman–Crippen LogP) is 6.56. The van der Waals surface area contributed by atoms with Crippen molar-refractivity contribution < 1.29 is 28.2 Å². The Labute approximate surface area is 243 Å². The molecule has 42 heavy (non-hydrogen) atoms. The second-order valence-corrected chi connectivity index (χ2v) is 10.4. The van der Waals surface area contributed by atoms with E-state index in [0.29, 0.717) is 34.0 Å². The quantitative estimate of drug-likeness (QED) is 0.259. The predicted molar refractivity (Wildman–Crippen MR) is 159 cm³/mol. The minimum Gasteiger partial charge on any atom is -0.496 e. The number of likely N-dealkylation sites (N-methyl/N-ethyl adjacent to an activating group) is 1. The Morgan fingerprint density at radius 1 is 1.07 bits per heavy atom. The normalized spacial score (nSPS) is 13.6. The number of pyridine rings is 1. The zero-order valence-corrected chi connectivity index (χ0v) is 23.9. The SMILES string of the molecule is COc1cc(OC(=O)Nc2cccnc2)ccc1-c1ccc2c(c1COc1cc(F)ccc1C)N(C)C(=O)C(C)(C)N2. The fraction of sp³-hybridized carbons (Fsp3) is 0.219. The molecule has 1 aromatic heterocycles. The molecule has 0 atom stereocenters. The molecule has 0 unspecified atom stereocenters. The van der Waals surface area contributed by atoms with Crippen molar-refractivity contribution in [1.82, 2.24) is 4.98 Å². The van der Waals surface area contributed by atoms with Gasteiger partial charge >= 0.3 is 6.09 Å². The number of methoxy groups -OCH3 is 1. The first kappa shape index (κ1) is 28.4. The van der Waals surface area contributed by atoms with Crippen LogP contribution in [0.25, 0.3) is 11.1 Å². The molecule has 0 radical (unpaired) electrons. The number of amides is 2. The van der Waals surface area contributed by atoms with Crippen molar-refractivity contribution in [3.8, 4) is 28.4 Å². The maximum absolute atomic E-state index is 14.0. The number of carbonyl (C=O) groups is 2. The summed E-state index contributed by atoms with van der Waals surface area (Å²) in [5.74, 6) is 0.561. The van der Waals surface area contributed by atoms with Crippen LogP contribution in [0.4, 0.5) is 26.2 Å². The lowest BCUT2D eigenvalue weighted by molar-refractivity contribution is -0.121. The lowest BCUT2D eigenvalue weighted by Gasteiger charge is -2.39. The molecule has 1 aliphatic heterocycles. The van der Waals surface area contributed by atoms with Gasteiger partial charge in [0.1, 0.15) is 35.2 Å². The van der Waals surface area contributed by atoms with Crippen molar-refractivity contribution in [3.63, 3.8) is 0 Å². The first-order valence-corrected chi connectivity index (χ1v) is 13.3. The van der Waals surface area contributed by atoms with E-state index in [-0.39, 0.29) is 18.3 Å². The second kappa shape index (κ2) is 11.4. The number of fused-ring (bicyclic) bond motifs is 1. The first-order chi connectivity index (χ1) is 20.1. The summed E-state index contributed by atoms with van der Waals surface area (Å²) in [7, 11) is 3.24. The van der Waals surface area contributed by atoms with Crippen molar-refractivity contribution >= 4 is 29.1 Å². The number of aryl methyl sites for hydroxylation is 1. The van der Waals surface area contributed by atoms with Gasteiger partial charge in [-0.3, -0.25) is 15.1 Å². The van der Waals surface area contributed by atoms with E-state index < -0.39 is 17.4 Å². The highest BCUT2D eigenvalue weighted by molar-refractivity contribution is 6.08. The summed E-state index contributed by atoms with van der Waals surface area (Å²) >= 11 is 0. The van der Waals surface area contributed by atoms with Gasteiger partial charge in [-0.1, -0.05) is 12.1 Å². The first-order valence-electron chi connectivity index (χ1n) is 13.3. The summed E-state index contributed by atoms with van der Waals surface area (Å²) in [5, 5.41) is 5.95. The monoisotopic (exact) mass is 570 g/mol. The van der Waals surface area contributed by atoms with Crippen LogP contribution in [0.3, 0.4) is 0 Å². The number of halogens is 1. The molecule has 0 bridgehead atoms. The van der Waals surface area contributed by atoms with Crippen LogP contribution in [0.15, 0.2) is 73.1 Å². The van der Waals surface area contributed by atoms with Gasteiger partial charge in [-0.15, -0.1) is 0 Å². The van der Waals surface area contributed by atoms with Gasteiger partial charge in [0.15, 0.2) is 0 Å². The lowest BCUT2D eigenvalue weighted by atomic mass is 9.91. The molecule has 0 spiro atoms. The van der Waals surface area contributed by atoms with Crippen molar-refractivity contribution in [3.05, 3.63) is 90.0 Å². The van der Waals surface area contributed by atoms with Gasteiger partial charge in [-0.2, -0.15) is 0 Å². The Bertz CT molecular complexity index is 1660. The van der Waals surface area contributed by atoms with E-state index in [0.717, 1.165) is 16.8 Å². The van der Waals surface area contributed by atoms with E-state index in [9.17, 15) is 14.0 Å². The van der Waals surface area contributed by atoms with E-state index in [1.54, 1.807) is 54.5 Å². The molecule has 4 aromatic rings. The van der Waals surface area contributed by atoms with Gasteiger partial charge in [-0.25, -0.2) is 9.18 Å². The van der Waals surface area contributed by atoms with Crippen LogP contribution in [-0.4, -0.2) is 36.7 Å². The molecule has 2 N–H and O–H groups in total. The Hall–Kier alpha value is -5.12. The molecule has 1 aliphatic rings. The molecule has 0 aliphatic carbocycles. The molecule has 9 nitrogen and oxygen atoms in total. The summed E-state index contributed by atoms with van der Waals surface area (Å²) in [6.07, 6.45) is 2.43. The molecule has 2 amide bonds. The summed E-state index contributed by atoms with van der Waals surface area (Å²) < 4.78 is 31.4. The van der Waals surface area contributed by atoms with Gasteiger partial charge in [-0.05, 0) is 68.3 Å². The standard InChI is InChI=1S/C32H31FN4O5/c1-19-8-9-20(33)15-27(19)41-18-25-23(12-13-26-29(25)37(4)30(38)32(2,3)36-26)24-11-10-22(16-28(24)40-5)42-31(39)35-21-7-6-14-34-17-21/h6-17,36H,18H2,1-5H3,(H,35,39). The fourth-order valence-electron chi connectivity index (χ4n) is 4.95. The average molecular weight is 571 g/mol. The van der Waals surface area contributed by atoms with Crippen molar-refractivity contribution in [1.29, 1.82) is 0 Å². The van der Waals surface area contributed by atoms with Crippen LogP contribution in [0, 0.1) is 12.7 Å². The highest BCUT2D eigenvalue weighted by Crippen LogP contribution is 2.45. The number of aromatic nitrogens is 1. The molecule has 0 fully saturated rings. The highest BCUT2D eigenvalue weighted by atomic mass is 19.1. The van der Waals surface area contributed by atoms with E-state index in [1.165, 1.54) is 25.4 Å². The summed E-state index contributed by atoms with van der Waals surface area (Å²) in [4.78, 5) is 31.3. The van der Waals surface area contributed by atoms with Crippen LogP contribution in [-0.2, 0) is 11.4 Å². The largest absolute Gasteiger partial charge is 0.496 e. The van der Waals surface area contributed by atoms with Crippen LogP contribution in [0.5, 0.6) is 17.2 Å². The van der Waals surface area contributed by atoms with E-state index >= 15 is 0 Å². The van der Waals surface area contributed by atoms with Gasteiger partial charge in [0.2, 0.25) is 0 Å². The average Bonchev–Trinajstić information content (AvgIpc) is 2.96. The van der Waals surface area contributed by atoms with Crippen LogP contribution in [0.2, 0.25) is 0 Å². The van der Waals surface area contributed by atoms with Crippen molar-refractivity contribution in [2.45, 2.75) is 32.9 Å². The summed E-state index contributed by atoms with van der Waals surface area (Å²) in [6.45, 7) is 5.52. The third kappa shape index (κ3) is 5.69. The minimum atomic E-state index is -0.812. The number of anilines is 3. The molecular weight excluding hydrogens is 539 g/mol. The van der Waals surface area contributed by atoms with Gasteiger partial charge in [0.05, 0.1) is 30.4 Å². The molecule has 0 saturated carbocycles. The Morgan fingerprint density at radius 3 is 2.60 bits per heavy atom. The number of rotatable bonds is 7. The van der Waals surface area contributed by atoms with Crippen LogP contribution in [0.1, 0.15) is 25.0 Å². The third-order valence-corrected chi connectivity index (χ3v) is 7.01. The number of hydrogen-bond acceptors (Lipinski definition) is 7. The van der Waals surface area contributed by atoms with Gasteiger partial charge < -0.3 is 24.4 Å². The van der Waals surface area contributed by atoms with Gasteiger partial charge in [0.25, 0.3) is 5.91 Å². The molecule has 10 heteroatoms. The van der Waals surface area contributed by atoms with E-state index in [2.05, 4.69) is 15.6 Å². The number of benzene rings is 3. The smallest absolute Gasteiger partial charge is 0.417 e. The number of nitrogens with zero attached hydrogens (tertiary/aromatic N) is 2. The van der Waals surface area contributed by atoms with Crippen molar-refractivity contribution in [2.75, 3.05) is 29.7 Å². The molecule has 216 valence electrons. The molecule has 0 saturated heterocycles. The van der Waals surface area contributed by atoms with Crippen LogP contribution < -0.4 is 29.7 Å². The maximum atomic E-state index is 14.0. The Morgan fingerprint density at radius 2 is 1.86 bits per heavy atom. The lowest BCUT2D eigenvalue weighted by Crippen LogP contribution is -2.52. The number of carbonyl (C=O) groups excluding carboxylic acids is 2. The molecular formula is C32H31FN4O5.